The standard InChI is InChI=1S/C34H23N2OS/c1-21-12-17-26-28-19-22(20-35)18-27(25-15-13-24(14-16-25)23-8-4-3-5-9-23)32(28)37-33(26)31(21)34-36(2)29-10-6-7-11-30(29)38-34/h3-19H,1-2H3/q+1. The lowest BCUT2D eigenvalue weighted by molar-refractivity contribution is -0.629. The Morgan fingerprint density at radius 2 is 1.45 bits per heavy atom. The smallest absolute Gasteiger partial charge is 0.273 e. The second-order valence-electron chi connectivity index (χ2n) is 9.63. The number of nitrogens with zero attached hydrogens (tertiary/aromatic N) is 2. The van der Waals surface area contributed by atoms with Gasteiger partial charge in [0.05, 0.1) is 11.6 Å². The van der Waals surface area contributed by atoms with Crippen LogP contribution in [0.5, 0.6) is 0 Å². The van der Waals surface area contributed by atoms with Gasteiger partial charge in [-0.05, 0) is 47.4 Å². The lowest BCUT2D eigenvalue weighted by atomic mass is 9.96. The first-order chi connectivity index (χ1) is 18.6. The van der Waals surface area contributed by atoms with Crippen molar-refractivity contribution in [2.75, 3.05) is 0 Å². The summed E-state index contributed by atoms with van der Waals surface area (Å²) in [6.45, 7) is 2.14. The van der Waals surface area contributed by atoms with E-state index < -0.39 is 0 Å². The fourth-order valence-corrected chi connectivity index (χ4v) is 6.63. The highest BCUT2D eigenvalue weighted by atomic mass is 32.1. The molecule has 0 fully saturated rings. The van der Waals surface area contributed by atoms with Crippen molar-refractivity contribution in [1.82, 2.24) is 0 Å². The Labute approximate surface area is 224 Å². The van der Waals surface area contributed by atoms with Crippen molar-refractivity contribution in [2.45, 2.75) is 6.92 Å². The first-order valence-electron chi connectivity index (χ1n) is 12.6. The van der Waals surface area contributed by atoms with E-state index in [0.717, 1.165) is 54.8 Å². The minimum Gasteiger partial charge on any atom is -0.454 e. The Bertz CT molecular complexity index is 2040. The van der Waals surface area contributed by atoms with Gasteiger partial charge in [-0.1, -0.05) is 90.2 Å². The van der Waals surface area contributed by atoms with Crippen LogP contribution in [0.25, 0.3) is 65.0 Å². The molecular weight excluding hydrogens is 484 g/mol. The number of aromatic nitrogens is 1. The highest BCUT2D eigenvalue weighted by Gasteiger charge is 2.26. The molecule has 0 unspecified atom stereocenters. The lowest BCUT2D eigenvalue weighted by Gasteiger charge is -2.06. The van der Waals surface area contributed by atoms with Crippen LogP contribution in [0, 0.1) is 18.3 Å². The molecule has 7 aromatic rings. The molecule has 4 heteroatoms. The van der Waals surface area contributed by atoms with E-state index >= 15 is 0 Å². The zero-order valence-electron chi connectivity index (χ0n) is 21.0. The number of furan rings is 1. The lowest BCUT2D eigenvalue weighted by Crippen LogP contribution is -2.28. The topological polar surface area (TPSA) is 40.8 Å². The molecule has 38 heavy (non-hydrogen) atoms. The summed E-state index contributed by atoms with van der Waals surface area (Å²) in [6, 6.07) is 37.8. The van der Waals surface area contributed by atoms with Gasteiger partial charge < -0.3 is 4.42 Å². The molecule has 0 aliphatic carbocycles. The molecule has 0 bridgehead atoms. The first-order valence-corrected chi connectivity index (χ1v) is 13.4. The summed E-state index contributed by atoms with van der Waals surface area (Å²) in [5, 5.41) is 13.0. The van der Waals surface area contributed by atoms with Gasteiger partial charge in [-0.2, -0.15) is 9.83 Å². The summed E-state index contributed by atoms with van der Waals surface area (Å²) in [7, 11) is 2.11. The summed E-state index contributed by atoms with van der Waals surface area (Å²) in [6.07, 6.45) is 0. The Morgan fingerprint density at radius 1 is 0.737 bits per heavy atom. The zero-order valence-corrected chi connectivity index (χ0v) is 21.8. The maximum atomic E-state index is 9.88. The van der Waals surface area contributed by atoms with Gasteiger partial charge in [0.1, 0.15) is 22.9 Å². The van der Waals surface area contributed by atoms with E-state index in [1.807, 2.05) is 30.3 Å². The minimum absolute atomic E-state index is 0.622. The Balaban J connectivity index is 1.48. The van der Waals surface area contributed by atoms with Gasteiger partial charge in [0.25, 0.3) is 5.01 Å². The van der Waals surface area contributed by atoms with Crippen LogP contribution in [0.2, 0.25) is 0 Å². The Kier molecular flexibility index (Phi) is 5.14. The highest BCUT2D eigenvalue weighted by molar-refractivity contribution is 7.21. The van der Waals surface area contributed by atoms with Crippen molar-refractivity contribution >= 4 is 43.5 Å². The van der Waals surface area contributed by atoms with Crippen LogP contribution in [0.3, 0.4) is 0 Å². The third-order valence-corrected chi connectivity index (χ3v) is 8.57. The molecule has 0 aliphatic heterocycles. The van der Waals surface area contributed by atoms with E-state index in [1.54, 1.807) is 11.3 Å². The molecule has 0 spiro atoms. The normalized spacial score (nSPS) is 11.4. The molecule has 2 heterocycles. The van der Waals surface area contributed by atoms with Gasteiger partial charge >= 0.3 is 0 Å². The summed E-state index contributed by atoms with van der Waals surface area (Å²) in [5.41, 5.74) is 10.0. The van der Waals surface area contributed by atoms with Crippen LogP contribution in [-0.2, 0) is 7.05 Å². The fraction of sp³-hybridized carbons (Fsp3) is 0.0588. The molecule has 0 amide bonds. The number of hydrogen-bond acceptors (Lipinski definition) is 3. The molecule has 3 nitrogen and oxygen atoms in total. The van der Waals surface area contributed by atoms with Crippen molar-refractivity contribution in [3.8, 4) is 38.9 Å². The van der Waals surface area contributed by atoms with Crippen LogP contribution in [0.1, 0.15) is 11.1 Å². The zero-order chi connectivity index (χ0) is 25.8. The van der Waals surface area contributed by atoms with Crippen LogP contribution in [0.4, 0.5) is 0 Å². The Hall–Kier alpha value is -4.72. The molecule has 2 aromatic heterocycles. The van der Waals surface area contributed by atoms with Crippen molar-refractivity contribution in [3.63, 3.8) is 0 Å². The summed E-state index contributed by atoms with van der Waals surface area (Å²) in [4.78, 5) is 0. The third-order valence-electron chi connectivity index (χ3n) is 7.33. The monoisotopic (exact) mass is 507 g/mol. The van der Waals surface area contributed by atoms with Gasteiger partial charge in [0, 0.05) is 22.4 Å². The van der Waals surface area contributed by atoms with E-state index in [9.17, 15) is 5.26 Å². The van der Waals surface area contributed by atoms with E-state index in [0.29, 0.717) is 5.56 Å². The predicted molar refractivity (Wildman–Crippen MR) is 156 cm³/mol. The third kappa shape index (κ3) is 3.44. The number of thiazole rings is 1. The van der Waals surface area contributed by atoms with Crippen molar-refractivity contribution in [3.05, 3.63) is 114 Å². The SMILES string of the molecule is Cc1ccc2c(oc3c(-c4ccc(-c5ccccc5)cc4)cc(C#N)cc32)c1-c1sc2ccccc2[n+]1C. The Morgan fingerprint density at radius 3 is 2.21 bits per heavy atom. The first kappa shape index (κ1) is 22.5. The maximum Gasteiger partial charge on any atom is 0.273 e. The molecular formula is C34H23N2OS+. The number of nitriles is 1. The van der Waals surface area contributed by atoms with Crippen molar-refractivity contribution in [2.24, 2.45) is 7.05 Å². The molecule has 0 atom stereocenters. The molecule has 0 radical (unpaired) electrons. The number of hydrogen-bond donors (Lipinski definition) is 0. The summed E-state index contributed by atoms with van der Waals surface area (Å²) in [5.74, 6) is 0. The number of para-hydroxylation sites is 1. The van der Waals surface area contributed by atoms with Gasteiger partial charge in [-0.15, -0.1) is 0 Å². The highest BCUT2D eigenvalue weighted by Crippen LogP contribution is 2.43. The largest absolute Gasteiger partial charge is 0.454 e. The van der Waals surface area contributed by atoms with Gasteiger partial charge in [-0.25, -0.2) is 0 Å². The molecule has 7 rings (SSSR count). The van der Waals surface area contributed by atoms with Gasteiger partial charge in [0.2, 0.25) is 5.52 Å². The average molecular weight is 508 g/mol. The summed E-state index contributed by atoms with van der Waals surface area (Å²) >= 11 is 1.77. The van der Waals surface area contributed by atoms with Gasteiger partial charge in [-0.3, -0.25) is 0 Å². The predicted octanol–water partition coefficient (Wildman–Crippen LogP) is 8.81. The number of benzene rings is 5. The maximum absolute atomic E-state index is 9.88. The molecule has 0 saturated carbocycles. The van der Waals surface area contributed by atoms with E-state index in [1.165, 1.54) is 15.8 Å². The van der Waals surface area contributed by atoms with Crippen LogP contribution >= 0.6 is 11.3 Å². The van der Waals surface area contributed by atoms with E-state index in [2.05, 4.69) is 97.4 Å². The molecule has 0 saturated heterocycles. The van der Waals surface area contributed by atoms with Crippen LogP contribution in [-0.4, -0.2) is 0 Å². The second kappa shape index (κ2) is 8.69. The summed E-state index contributed by atoms with van der Waals surface area (Å²) < 4.78 is 10.2. The van der Waals surface area contributed by atoms with E-state index in [4.69, 9.17) is 4.42 Å². The second-order valence-corrected chi connectivity index (χ2v) is 10.7. The van der Waals surface area contributed by atoms with Gasteiger partial charge in [0.15, 0.2) is 5.58 Å². The van der Waals surface area contributed by atoms with Crippen molar-refractivity contribution in [1.29, 1.82) is 5.26 Å². The van der Waals surface area contributed by atoms with Crippen molar-refractivity contribution < 1.29 is 8.98 Å². The number of rotatable bonds is 3. The number of aryl methyl sites for hydroxylation is 2. The molecule has 180 valence electrons. The molecule has 0 N–H and O–H groups in total. The molecule has 0 aliphatic rings. The quantitative estimate of drug-likeness (QED) is 0.224. The van der Waals surface area contributed by atoms with E-state index in [-0.39, 0.29) is 0 Å². The average Bonchev–Trinajstić information content (AvgIpc) is 3.50. The number of fused-ring (bicyclic) bond motifs is 4. The minimum atomic E-state index is 0.622. The van der Waals surface area contributed by atoms with Crippen LogP contribution in [0.15, 0.2) is 108 Å². The fourth-order valence-electron chi connectivity index (χ4n) is 5.38. The van der Waals surface area contributed by atoms with Crippen LogP contribution < -0.4 is 4.57 Å². The molecule has 5 aromatic carbocycles.